The summed E-state index contributed by atoms with van der Waals surface area (Å²) in [5, 5.41) is 45.0. The summed E-state index contributed by atoms with van der Waals surface area (Å²) in [5.74, 6) is -2.97. The molecule has 47 heavy (non-hydrogen) atoms. The summed E-state index contributed by atoms with van der Waals surface area (Å²) in [6.07, 6.45) is 4.56. The number of aliphatic carboxylic acids is 1. The molecule has 0 aliphatic heterocycles. The van der Waals surface area contributed by atoms with Crippen LogP contribution in [0.4, 0.5) is 5.69 Å². The van der Waals surface area contributed by atoms with Crippen LogP contribution in [0, 0.1) is 38.7 Å². The van der Waals surface area contributed by atoms with E-state index in [9.17, 15) is 49.4 Å². The summed E-state index contributed by atoms with van der Waals surface area (Å²) in [5.41, 5.74) is -1.63. The Balaban J connectivity index is 1.14. The molecule has 0 saturated heterocycles. The van der Waals surface area contributed by atoms with Gasteiger partial charge >= 0.3 is 11.9 Å². The van der Waals surface area contributed by atoms with Crippen molar-refractivity contribution in [3.8, 4) is 0 Å². The van der Waals surface area contributed by atoms with Crippen LogP contribution in [0.3, 0.4) is 0 Å². The summed E-state index contributed by atoms with van der Waals surface area (Å²) in [6.45, 7) is 3.56. The average molecular weight is 655 g/mol. The minimum Gasteiger partial charge on any atom is -0.480 e. The van der Waals surface area contributed by atoms with Crippen molar-refractivity contribution in [3.05, 3.63) is 51.6 Å². The summed E-state index contributed by atoms with van der Waals surface area (Å²) in [4.78, 5) is 72.6. The van der Waals surface area contributed by atoms with E-state index in [-0.39, 0.29) is 34.8 Å². The number of nitrogens with zero attached hydrogens (tertiary/aromatic N) is 1. The van der Waals surface area contributed by atoms with Crippen LogP contribution in [0.2, 0.25) is 0 Å². The lowest BCUT2D eigenvalue weighted by Crippen LogP contribution is -2.58. The Hall–Kier alpha value is -3.97. The number of allylic oxidation sites excluding steroid dienone is 1. The van der Waals surface area contributed by atoms with Gasteiger partial charge in [-0.2, -0.15) is 0 Å². The molecule has 0 aromatic heterocycles. The predicted molar refractivity (Wildman–Crippen MR) is 164 cm³/mol. The highest BCUT2D eigenvalue weighted by atomic mass is 16.6. The van der Waals surface area contributed by atoms with E-state index in [2.05, 4.69) is 12.2 Å². The lowest BCUT2D eigenvalue weighted by atomic mass is 9.46. The number of carboxylic acid groups (broad SMARTS) is 1. The van der Waals surface area contributed by atoms with E-state index in [4.69, 9.17) is 4.74 Å². The molecular weight excluding hydrogens is 612 g/mol. The van der Waals surface area contributed by atoms with E-state index in [1.54, 1.807) is 0 Å². The number of ether oxygens (including phenoxy) is 1. The maximum atomic E-state index is 13.5. The van der Waals surface area contributed by atoms with Gasteiger partial charge in [0, 0.05) is 30.4 Å². The zero-order valence-electron chi connectivity index (χ0n) is 26.6. The predicted octanol–water partition coefficient (Wildman–Crippen LogP) is 3.35. The SMILES string of the molecule is CC12CCC(=O)C=C1CCC1C2CCC2(C)C1CCC2(O)C(=O)COC(=O)CCC(=O)NC(C(=O)O)C(O)c1cccc([N+](=O)[O-])c1. The molecule has 1 aromatic rings. The number of fused-ring (bicyclic) bond motifs is 5. The number of nitrogens with one attached hydrogen (secondary N) is 1. The maximum absolute atomic E-state index is 13.5. The van der Waals surface area contributed by atoms with Gasteiger partial charge in [0.1, 0.15) is 11.7 Å². The Morgan fingerprint density at radius 1 is 1.06 bits per heavy atom. The Labute approximate surface area is 271 Å². The van der Waals surface area contributed by atoms with Crippen molar-refractivity contribution in [1.82, 2.24) is 5.32 Å². The number of aliphatic hydroxyl groups is 2. The second-order valence-corrected chi connectivity index (χ2v) is 14.1. The van der Waals surface area contributed by atoms with Crippen molar-refractivity contribution in [1.29, 1.82) is 0 Å². The van der Waals surface area contributed by atoms with E-state index >= 15 is 0 Å². The number of nitro groups is 1. The number of amides is 1. The molecule has 4 N–H and O–H groups in total. The number of hydrogen-bond acceptors (Lipinski definition) is 10. The number of carbonyl (C=O) groups is 5. The third-order valence-electron chi connectivity index (χ3n) is 11.8. The minimum absolute atomic E-state index is 0.0461. The Bertz CT molecular complexity index is 1520. The van der Waals surface area contributed by atoms with Crippen LogP contribution in [-0.4, -0.2) is 67.9 Å². The van der Waals surface area contributed by atoms with Gasteiger partial charge in [0.25, 0.3) is 5.69 Å². The molecule has 1 aromatic carbocycles. The first kappa shape index (κ1) is 34.4. The normalized spacial score (nSPS) is 32.5. The number of Topliss-reactive ketones (excluding diaryl/α,β-unsaturated/α-hetero) is 1. The summed E-state index contributed by atoms with van der Waals surface area (Å²) < 4.78 is 5.17. The van der Waals surface area contributed by atoms with Crippen LogP contribution < -0.4 is 5.32 Å². The lowest BCUT2D eigenvalue weighted by molar-refractivity contribution is -0.385. The largest absolute Gasteiger partial charge is 0.480 e. The number of aliphatic hydroxyl groups excluding tert-OH is 1. The van der Waals surface area contributed by atoms with Crippen LogP contribution in [-0.2, 0) is 28.7 Å². The molecule has 254 valence electrons. The van der Waals surface area contributed by atoms with Gasteiger partial charge in [-0.3, -0.25) is 29.3 Å². The topological polar surface area (TPSA) is 210 Å². The van der Waals surface area contributed by atoms with Crippen molar-refractivity contribution in [2.75, 3.05) is 6.61 Å². The van der Waals surface area contributed by atoms with Crippen molar-refractivity contribution in [3.63, 3.8) is 0 Å². The second-order valence-electron chi connectivity index (χ2n) is 14.1. The molecule has 3 fully saturated rings. The van der Waals surface area contributed by atoms with Gasteiger partial charge in [0.15, 0.2) is 18.4 Å². The second kappa shape index (κ2) is 12.9. The maximum Gasteiger partial charge on any atom is 0.329 e. The van der Waals surface area contributed by atoms with Gasteiger partial charge < -0.3 is 25.4 Å². The monoisotopic (exact) mass is 654 g/mol. The highest BCUT2D eigenvalue weighted by molar-refractivity contribution is 5.92. The molecule has 0 spiro atoms. The number of esters is 1. The Kier molecular flexibility index (Phi) is 9.44. The van der Waals surface area contributed by atoms with Gasteiger partial charge in [-0.25, -0.2) is 4.79 Å². The summed E-state index contributed by atoms with van der Waals surface area (Å²) in [7, 11) is 0. The van der Waals surface area contributed by atoms with Gasteiger partial charge in [0.05, 0.1) is 11.3 Å². The van der Waals surface area contributed by atoms with Crippen molar-refractivity contribution >= 4 is 35.1 Å². The molecular formula is C34H42N2O11. The summed E-state index contributed by atoms with van der Waals surface area (Å²) >= 11 is 0. The molecule has 8 unspecified atom stereocenters. The smallest absolute Gasteiger partial charge is 0.329 e. The van der Waals surface area contributed by atoms with Crippen molar-refractivity contribution < 1.29 is 49.0 Å². The van der Waals surface area contributed by atoms with Crippen molar-refractivity contribution in [2.45, 2.75) is 95.8 Å². The number of benzene rings is 1. The quantitative estimate of drug-likeness (QED) is 0.154. The fourth-order valence-corrected chi connectivity index (χ4v) is 9.12. The number of non-ortho nitro benzene ring substituents is 1. The molecule has 0 heterocycles. The zero-order chi connectivity index (χ0) is 34.3. The molecule has 0 radical (unpaired) electrons. The molecule has 4 aliphatic rings. The molecule has 13 heteroatoms. The fourth-order valence-electron chi connectivity index (χ4n) is 9.12. The van der Waals surface area contributed by atoms with E-state index in [1.807, 2.05) is 13.0 Å². The molecule has 3 saturated carbocycles. The first-order valence-corrected chi connectivity index (χ1v) is 16.2. The third-order valence-corrected chi connectivity index (χ3v) is 11.8. The number of rotatable bonds is 11. The summed E-state index contributed by atoms with van der Waals surface area (Å²) in [6, 6.07) is 2.86. The van der Waals surface area contributed by atoms with Gasteiger partial charge in [-0.15, -0.1) is 0 Å². The standard InChI is InChI=1S/C34H42N2O11/c1-32-13-10-22(37)17-20(32)6-7-23-24(32)11-14-33(2)25(23)12-15-34(33,44)26(38)18-47-28(40)9-8-27(39)35-29(31(42)43)30(41)19-4-3-5-21(16-19)36(45)46/h3-5,16-17,23-25,29-30,41,44H,6-15,18H2,1-2H3,(H,35,39)(H,42,43). The minimum atomic E-state index is -1.85. The number of carbonyl (C=O) groups excluding carboxylic acids is 4. The first-order valence-electron chi connectivity index (χ1n) is 16.2. The van der Waals surface area contributed by atoms with Gasteiger partial charge in [0.2, 0.25) is 11.7 Å². The van der Waals surface area contributed by atoms with Crippen LogP contribution in [0.25, 0.3) is 0 Å². The highest BCUT2D eigenvalue weighted by Gasteiger charge is 2.66. The molecule has 13 nitrogen and oxygen atoms in total. The van der Waals surface area contributed by atoms with Crippen molar-refractivity contribution in [2.24, 2.45) is 28.6 Å². The molecule has 1 amide bonds. The van der Waals surface area contributed by atoms with E-state index in [1.165, 1.54) is 23.8 Å². The number of ketones is 2. The number of carboxylic acids is 1. The third kappa shape index (κ3) is 6.22. The van der Waals surface area contributed by atoms with E-state index < -0.39 is 71.2 Å². The first-order chi connectivity index (χ1) is 22.1. The van der Waals surface area contributed by atoms with Crippen LogP contribution in [0.15, 0.2) is 35.9 Å². The molecule has 0 bridgehead atoms. The van der Waals surface area contributed by atoms with Crippen LogP contribution in [0.5, 0.6) is 0 Å². The molecule has 5 rings (SSSR count). The molecule has 4 aliphatic carbocycles. The number of hydrogen-bond donors (Lipinski definition) is 4. The van der Waals surface area contributed by atoms with Crippen LogP contribution in [0.1, 0.15) is 89.7 Å². The molecule has 8 atom stereocenters. The van der Waals surface area contributed by atoms with Gasteiger partial charge in [-0.1, -0.05) is 31.6 Å². The zero-order valence-corrected chi connectivity index (χ0v) is 26.6. The Morgan fingerprint density at radius 2 is 1.79 bits per heavy atom. The lowest BCUT2D eigenvalue weighted by Gasteiger charge is -2.58. The highest BCUT2D eigenvalue weighted by Crippen LogP contribution is 2.67. The van der Waals surface area contributed by atoms with E-state index in [0.717, 1.165) is 31.7 Å². The van der Waals surface area contributed by atoms with Crippen LogP contribution >= 0.6 is 0 Å². The van der Waals surface area contributed by atoms with Gasteiger partial charge in [-0.05, 0) is 79.8 Å². The average Bonchev–Trinajstić information content (AvgIpc) is 3.32. The van der Waals surface area contributed by atoms with E-state index in [0.29, 0.717) is 31.1 Å². The number of nitro benzene ring substituents is 1. The fraction of sp³-hybridized carbons (Fsp3) is 0.618. The Morgan fingerprint density at radius 3 is 2.49 bits per heavy atom.